The molecule has 0 radical (unpaired) electrons. The molecular formula is C22H21N3O4. The molecule has 1 fully saturated rings. The summed E-state index contributed by atoms with van der Waals surface area (Å²) in [5, 5.41) is 13.8. The van der Waals surface area contributed by atoms with Gasteiger partial charge >= 0.3 is 5.97 Å². The predicted octanol–water partition coefficient (Wildman–Crippen LogP) is 2.44. The van der Waals surface area contributed by atoms with Gasteiger partial charge in [0, 0.05) is 48.9 Å². The van der Waals surface area contributed by atoms with Gasteiger partial charge in [-0.15, -0.1) is 0 Å². The van der Waals surface area contributed by atoms with Gasteiger partial charge in [0.15, 0.2) is 0 Å². The highest BCUT2D eigenvalue weighted by molar-refractivity contribution is 6.06. The number of methoxy groups -OCH3 is 1. The number of carbonyl (C=O) groups excluding carboxylic acids is 2. The summed E-state index contributed by atoms with van der Waals surface area (Å²) in [6.07, 6.45) is 1.64. The maximum Gasteiger partial charge on any atom is 0.338 e. The third-order valence-electron chi connectivity index (χ3n) is 5.10. The van der Waals surface area contributed by atoms with Gasteiger partial charge in [0.1, 0.15) is 11.3 Å². The van der Waals surface area contributed by atoms with Crippen molar-refractivity contribution in [3.05, 3.63) is 59.8 Å². The van der Waals surface area contributed by atoms with E-state index in [0.29, 0.717) is 35.1 Å². The molecule has 4 rings (SSSR count). The molecule has 2 aromatic carbocycles. The van der Waals surface area contributed by atoms with Crippen molar-refractivity contribution in [1.29, 1.82) is 0 Å². The maximum atomic E-state index is 12.6. The number of amides is 1. The van der Waals surface area contributed by atoms with Gasteiger partial charge in [0.25, 0.3) is 5.91 Å². The van der Waals surface area contributed by atoms with Crippen LogP contribution in [-0.4, -0.2) is 60.2 Å². The molecule has 29 heavy (non-hydrogen) atoms. The number of pyridine rings is 1. The third kappa shape index (κ3) is 3.64. The Kier molecular flexibility index (Phi) is 5.14. The van der Waals surface area contributed by atoms with E-state index in [1.54, 1.807) is 24.4 Å². The van der Waals surface area contributed by atoms with Crippen LogP contribution in [0.1, 0.15) is 20.7 Å². The molecule has 7 nitrogen and oxygen atoms in total. The molecule has 2 N–H and O–H groups in total. The second kappa shape index (κ2) is 7.89. The number of fused-ring (bicyclic) bond motifs is 1. The zero-order valence-electron chi connectivity index (χ0n) is 16.0. The minimum Gasteiger partial charge on any atom is -0.506 e. The van der Waals surface area contributed by atoms with Gasteiger partial charge < -0.3 is 20.1 Å². The zero-order valence-corrected chi connectivity index (χ0v) is 16.0. The van der Waals surface area contributed by atoms with Gasteiger partial charge in [-0.1, -0.05) is 12.1 Å². The average molecular weight is 391 g/mol. The topological polar surface area (TPSA) is 91.8 Å². The number of benzene rings is 2. The molecule has 1 amide bonds. The highest BCUT2D eigenvalue weighted by Crippen LogP contribution is 2.30. The molecule has 0 saturated carbocycles. The fourth-order valence-electron chi connectivity index (χ4n) is 3.51. The Morgan fingerprint density at radius 3 is 2.48 bits per heavy atom. The van der Waals surface area contributed by atoms with Crippen LogP contribution in [-0.2, 0) is 4.74 Å². The first-order valence-corrected chi connectivity index (χ1v) is 9.39. The highest BCUT2D eigenvalue weighted by Gasteiger charge is 2.18. The van der Waals surface area contributed by atoms with E-state index in [4.69, 9.17) is 4.74 Å². The number of rotatable bonds is 3. The summed E-state index contributed by atoms with van der Waals surface area (Å²) in [5.74, 6) is -0.477. The fraction of sp³-hybridized carbons (Fsp3) is 0.227. The van der Waals surface area contributed by atoms with Crippen LogP contribution < -0.4 is 5.32 Å². The number of aromatic nitrogens is 1. The molecule has 0 aliphatic carbocycles. The third-order valence-corrected chi connectivity index (χ3v) is 5.10. The molecule has 1 aliphatic heterocycles. The van der Waals surface area contributed by atoms with Crippen LogP contribution in [0.25, 0.3) is 22.0 Å². The van der Waals surface area contributed by atoms with Gasteiger partial charge in [0.2, 0.25) is 0 Å². The Bertz CT molecular complexity index is 1070. The maximum absolute atomic E-state index is 12.6. The number of ether oxygens (including phenoxy) is 1. The van der Waals surface area contributed by atoms with Crippen LogP contribution in [0, 0.1) is 0 Å². The summed E-state index contributed by atoms with van der Waals surface area (Å²) < 4.78 is 4.83. The van der Waals surface area contributed by atoms with Crippen molar-refractivity contribution >= 4 is 22.8 Å². The van der Waals surface area contributed by atoms with Crippen molar-refractivity contribution in [2.75, 3.05) is 33.3 Å². The van der Waals surface area contributed by atoms with Crippen molar-refractivity contribution in [2.24, 2.45) is 0 Å². The minimum absolute atomic E-state index is 0.00355. The molecule has 1 saturated heterocycles. The van der Waals surface area contributed by atoms with Crippen LogP contribution in [0.15, 0.2) is 48.7 Å². The molecule has 0 bridgehead atoms. The normalized spacial score (nSPS) is 14.0. The van der Waals surface area contributed by atoms with E-state index in [2.05, 4.69) is 10.3 Å². The average Bonchev–Trinajstić information content (AvgIpc) is 2.79. The van der Waals surface area contributed by atoms with E-state index in [1.165, 1.54) is 19.2 Å². The lowest BCUT2D eigenvalue weighted by molar-refractivity contribution is 0.0602. The first-order chi connectivity index (χ1) is 14.1. The largest absolute Gasteiger partial charge is 0.506 e. The van der Waals surface area contributed by atoms with Crippen molar-refractivity contribution in [2.45, 2.75) is 0 Å². The number of hydrogen-bond donors (Lipinski definition) is 2. The van der Waals surface area contributed by atoms with E-state index in [-0.39, 0.29) is 11.7 Å². The summed E-state index contributed by atoms with van der Waals surface area (Å²) >= 11 is 0. The molecule has 0 spiro atoms. The van der Waals surface area contributed by atoms with Crippen molar-refractivity contribution in [3.63, 3.8) is 0 Å². The Morgan fingerprint density at radius 2 is 1.79 bits per heavy atom. The Balaban J connectivity index is 1.67. The number of piperazine rings is 1. The lowest BCUT2D eigenvalue weighted by Gasteiger charge is -2.27. The molecular weight excluding hydrogens is 370 g/mol. The first kappa shape index (κ1) is 18.9. The number of aromatic hydroxyl groups is 1. The van der Waals surface area contributed by atoms with E-state index in [0.717, 1.165) is 24.2 Å². The van der Waals surface area contributed by atoms with E-state index in [9.17, 15) is 14.7 Å². The SMILES string of the molecule is COC(=O)c1ccc(O)c2ncc(-c3ccc(C(=O)N4CCNCC4)cc3)cc12. The van der Waals surface area contributed by atoms with Crippen LogP contribution in [0.2, 0.25) is 0 Å². The lowest BCUT2D eigenvalue weighted by Crippen LogP contribution is -2.46. The molecule has 7 heteroatoms. The number of esters is 1. The zero-order chi connectivity index (χ0) is 20.4. The van der Waals surface area contributed by atoms with Crippen LogP contribution in [0.4, 0.5) is 0 Å². The molecule has 148 valence electrons. The Morgan fingerprint density at radius 1 is 1.07 bits per heavy atom. The quantitative estimate of drug-likeness (QED) is 0.667. The molecule has 1 aromatic heterocycles. The van der Waals surface area contributed by atoms with Crippen LogP contribution in [0.5, 0.6) is 5.75 Å². The summed E-state index contributed by atoms with van der Waals surface area (Å²) in [7, 11) is 1.31. The highest BCUT2D eigenvalue weighted by atomic mass is 16.5. The van der Waals surface area contributed by atoms with Gasteiger partial charge in [-0.25, -0.2) is 4.79 Å². The predicted molar refractivity (Wildman–Crippen MR) is 109 cm³/mol. The van der Waals surface area contributed by atoms with Crippen LogP contribution >= 0.6 is 0 Å². The van der Waals surface area contributed by atoms with Crippen molar-refractivity contribution in [1.82, 2.24) is 15.2 Å². The minimum atomic E-state index is -0.495. The number of hydrogen-bond acceptors (Lipinski definition) is 6. The molecule has 0 atom stereocenters. The Labute approximate surface area is 167 Å². The molecule has 0 unspecified atom stereocenters. The summed E-state index contributed by atoms with van der Waals surface area (Å²) in [6, 6.07) is 12.1. The number of phenols is 1. The van der Waals surface area contributed by atoms with Gasteiger partial charge in [0.05, 0.1) is 12.7 Å². The second-order valence-corrected chi connectivity index (χ2v) is 6.86. The van der Waals surface area contributed by atoms with E-state index in [1.807, 2.05) is 17.0 Å². The van der Waals surface area contributed by atoms with Crippen LogP contribution in [0.3, 0.4) is 0 Å². The van der Waals surface area contributed by atoms with E-state index >= 15 is 0 Å². The number of carbonyl (C=O) groups is 2. The number of nitrogens with zero attached hydrogens (tertiary/aromatic N) is 2. The Hall–Kier alpha value is -3.45. The van der Waals surface area contributed by atoms with E-state index < -0.39 is 5.97 Å². The van der Waals surface area contributed by atoms with Gasteiger partial charge in [-0.05, 0) is 35.9 Å². The summed E-state index contributed by atoms with van der Waals surface area (Å²) in [4.78, 5) is 30.9. The molecule has 1 aliphatic rings. The summed E-state index contributed by atoms with van der Waals surface area (Å²) in [5.41, 5.74) is 2.93. The van der Waals surface area contributed by atoms with Gasteiger partial charge in [-0.3, -0.25) is 9.78 Å². The fourth-order valence-corrected chi connectivity index (χ4v) is 3.51. The van der Waals surface area contributed by atoms with Gasteiger partial charge in [-0.2, -0.15) is 0 Å². The first-order valence-electron chi connectivity index (χ1n) is 9.39. The second-order valence-electron chi connectivity index (χ2n) is 6.86. The monoisotopic (exact) mass is 391 g/mol. The lowest BCUT2D eigenvalue weighted by atomic mass is 10.0. The molecule has 3 aromatic rings. The van der Waals surface area contributed by atoms with Crippen molar-refractivity contribution in [3.8, 4) is 16.9 Å². The standard InChI is InChI=1S/C22H21N3O4/c1-29-22(28)17-6-7-19(26)20-18(17)12-16(13-24-20)14-2-4-15(5-3-14)21(27)25-10-8-23-9-11-25/h2-7,12-13,23,26H,8-11H2,1H3. The smallest absolute Gasteiger partial charge is 0.338 e. The van der Waals surface area contributed by atoms with Crippen molar-refractivity contribution < 1.29 is 19.4 Å². The number of nitrogens with one attached hydrogen (secondary N) is 1. The summed E-state index contributed by atoms with van der Waals surface area (Å²) in [6.45, 7) is 3.02. The number of phenolic OH excluding ortho intramolecular Hbond substituents is 1. The molecule has 2 heterocycles.